The van der Waals surface area contributed by atoms with Crippen LogP contribution in [0.5, 0.6) is 0 Å². The Kier molecular flexibility index (Phi) is 22.1. The fraction of sp³-hybridized carbons (Fsp3) is 0.354. The maximum Gasteiger partial charge on any atom is 0.252 e. The van der Waals surface area contributed by atoms with Gasteiger partial charge < -0.3 is 39.5 Å². The number of hydrogen-bond acceptors (Lipinski definition) is 11. The number of aliphatic imine (C=N–C) groups is 3. The quantitative estimate of drug-likeness (QED) is 0.0763. The minimum atomic E-state index is -0.498. The van der Waals surface area contributed by atoms with Crippen molar-refractivity contribution in [3.8, 4) is 0 Å². The lowest BCUT2D eigenvalue weighted by Crippen LogP contribution is -2.41. The highest BCUT2D eigenvalue weighted by Crippen LogP contribution is 2.32. The molecule has 3 aliphatic heterocycles. The summed E-state index contributed by atoms with van der Waals surface area (Å²) in [7, 11) is 8.82. The van der Waals surface area contributed by atoms with Crippen molar-refractivity contribution in [3.05, 3.63) is 196 Å². The Morgan fingerprint density at radius 1 is 0.456 bits per heavy atom. The molecule has 0 fully saturated rings. The molecule has 3 amide bonds. The number of nitrogens with zero attached hydrogens (tertiary/aromatic N) is 6. The Morgan fingerprint density at radius 2 is 0.810 bits per heavy atom. The van der Waals surface area contributed by atoms with Crippen LogP contribution in [-0.2, 0) is 28.6 Å². The number of nitrogens with one attached hydrogen (secondary N) is 2. The van der Waals surface area contributed by atoms with Crippen LogP contribution in [-0.4, -0.2) is 141 Å². The van der Waals surface area contributed by atoms with Crippen molar-refractivity contribution in [3.63, 3.8) is 0 Å². The van der Waals surface area contributed by atoms with E-state index >= 15 is 0 Å². The number of anilines is 3. The van der Waals surface area contributed by atoms with Gasteiger partial charge in [0.2, 0.25) is 0 Å². The lowest BCUT2D eigenvalue weighted by Gasteiger charge is -2.21. The van der Waals surface area contributed by atoms with Gasteiger partial charge in [-0.15, -0.1) is 0 Å². The van der Waals surface area contributed by atoms with Crippen LogP contribution in [0.25, 0.3) is 0 Å². The second kappa shape index (κ2) is 29.5. The van der Waals surface area contributed by atoms with E-state index in [1.54, 1.807) is 28.9 Å². The third-order valence-electron chi connectivity index (χ3n) is 14.0. The number of methoxy groups -OCH3 is 2. The van der Waals surface area contributed by atoms with Gasteiger partial charge in [-0.25, -0.2) is 0 Å². The highest BCUT2D eigenvalue weighted by Gasteiger charge is 2.32. The molecule has 6 aromatic carbocycles. The van der Waals surface area contributed by atoms with Gasteiger partial charge in [-0.3, -0.25) is 29.4 Å². The molecular formula is C65H78N8O6. The number of likely N-dealkylation sites (N-methyl/N-ethyl adjacent to an activating group) is 3. The molecule has 14 heteroatoms. The van der Waals surface area contributed by atoms with Crippen molar-refractivity contribution in [1.29, 1.82) is 0 Å². The molecule has 0 aliphatic carbocycles. The Hall–Kier alpha value is -7.46. The average Bonchev–Trinajstić information content (AvgIpc) is 3.86. The molecule has 0 aromatic heterocycles. The van der Waals surface area contributed by atoms with E-state index in [2.05, 4.69) is 74.7 Å². The zero-order valence-electron chi connectivity index (χ0n) is 47.5. The molecule has 3 heterocycles. The molecule has 0 saturated heterocycles. The number of benzene rings is 6. The van der Waals surface area contributed by atoms with E-state index in [4.69, 9.17) is 29.2 Å². The molecule has 0 bridgehead atoms. The number of unbranched alkanes of at least 4 members (excludes halogenated alkanes) is 1. The van der Waals surface area contributed by atoms with Crippen LogP contribution in [0.3, 0.4) is 0 Å². The van der Waals surface area contributed by atoms with Crippen molar-refractivity contribution < 1.29 is 28.6 Å². The van der Waals surface area contributed by atoms with Crippen molar-refractivity contribution in [2.24, 2.45) is 15.0 Å². The van der Waals surface area contributed by atoms with Gasteiger partial charge in [-0.2, -0.15) is 0 Å². The molecule has 3 aliphatic rings. The summed E-state index contributed by atoms with van der Waals surface area (Å²) < 4.78 is 15.5. The highest BCUT2D eigenvalue weighted by molar-refractivity contribution is 6.22. The Labute approximate surface area is 467 Å². The number of hydrogen-bond donors (Lipinski definition) is 2. The summed E-state index contributed by atoms with van der Waals surface area (Å²) in [4.78, 5) is 58.9. The first kappa shape index (κ1) is 59.2. The van der Waals surface area contributed by atoms with E-state index in [1.807, 2.05) is 130 Å². The Bertz CT molecular complexity index is 3070. The first-order valence-corrected chi connectivity index (χ1v) is 27.4. The number of benzodiazepines with no additional fused rings is 3. The zero-order chi connectivity index (χ0) is 56.3. The molecule has 414 valence electrons. The molecule has 0 radical (unpaired) electrons. The normalized spacial score (nSPS) is 16.8. The van der Waals surface area contributed by atoms with Gasteiger partial charge in [0.1, 0.15) is 18.1 Å². The third kappa shape index (κ3) is 15.4. The molecule has 3 unspecified atom stereocenters. The molecule has 79 heavy (non-hydrogen) atoms. The predicted octanol–water partition coefficient (Wildman–Crippen LogP) is 9.21. The lowest BCUT2D eigenvalue weighted by atomic mass is 9.98. The molecule has 14 nitrogen and oxygen atoms in total. The molecule has 2 N–H and O–H groups in total. The second-order valence-corrected chi connectivity index (χ2v) is 20.0. The van der Waals surface area contributed by atoms with Crippen LogP contribution in [0.4, 0.5) is 17.1 Å². The summed E-state index contributed by atoms with van der Waals surface area (Å²) in [5.74, 6) is 0.0549. The van der Waals surface area contributed by atoms with E-state index in [1.165, 1.54) is 5.56 Å². The maximum atomic E-state index is 13.1. The fourth-order valence-electron chi connectivity index (χ4n) is 9.63. The standard InChI is InChI=1S/C23H29N3O3.C21H25N3O2.C21H24N2O/c1-17-9-10-21-19(15-17)22(18-7-5-4-6-8-18)25-20(23(27)26(21)2)16-24-11-12-29-14-13-28-3;1-15-9-10-19-17(13-15)20(16-7-5-4-6-8-16)23-18(21(25)24(19)2)14-22-11-12-26-3;1-4-5-11-18-21(24)23(3)19-13-12-15(2)14-17(19)20(22-18)16-9-7-6-8-10-16/h4-10,15,20,24H,11-14,16H2,1-3H3;4-10,13,18,22H,11-12,14H2,1-3H3;6-10,12-14,18H,4-5,11H2,1-3H3. The third-order valence-corrected chi connectivity index (χ3v) is 14.0. The average molecular weight is 1070 g/mol. The van der Waals surface area contributed by atoms with Gasteiger partial charge in [0.25, 0.3) is 17.7 Å². The van der Waals surface area contributed by atoms with Gasteiger partial charge in [0, 0.05) is 94.9 Å². The van der Waals surface area contributed by atoms with Crippen LogP contribution < -0.4 is 25.3 Å². The number of amides is 3. The number of carbonyl (C=O) groups is 3. The van der Waals surface area contributed by atoms with Crippen LogP contribution >= 0.6 is 0 Å². The maximum absolute atomic E-state index is 13.1. The van der Waals surface area contributed by atoms with Gasteiger partial charge in [-0.1, -0.05) is 146 Å². The number of aryl methyl sites for hydroxylation is 3. The van der Waals surface area contributed by atoms with Crippen molar-refractivity contribution in [2.75, 3.05) is 103 Å². The summed E-state index contributed by atoms with van der Waals surface area (Å²) in [5, 5.41) is 6.57. The fourth-order valence-corrected chi connectivity index (χ4v) is 9.63. The summed E-state index contributed by atoms with van der Waals surface area (Å²) in [6.45, 7) is 12.9. The van der Waals surface area contributed by atoms with E-state index in [-0.39, 0.29) is 23.8 Å². The van der Waals surface area contributed by atoms with E-state index < -0.39 is 12.1 Å². The summed E-state index contributed by atoms with van der Waals surface area (Å²) >= 11 is 0. The SMILES string of the molecule is CCCCC1N=C(c2ccccc2)c2cc(C)ccc2N(C)C1=O.COCCNCC1N=C(c2ccccc2)c2cc(C)ccc2N(C)C1=O.COCCOCCNCC1N=C(c2ccccc2)c2cc(C)ccc2N(C)C1=O. The van der Waals surface area contributed by atoms with Gasteiger partial charge in [0.05, 0.1) is 60.6 Å². The number of fused-ring (bicyclic) bond motifs is 3. The minimum Gasteiger partial charge on any atom is -0.383 e. The first-order chi connectivity index (χ1) is 38.3. The molecule has 6 aromatic rings. The predicted molar refractivity (Wildman–Crippen MR) is 321 cm³/mol. The molecule has 0 saturated carbocycles. The van der Waals surface area contributed by atoms with Gasteiger partial charge in [0.15, 0.2) is 0 Å². The molecular weight excluding hydrogens is 989 g/mol. The monoisotopic (exact) mass is 1070 g/mol. The van der Waals surface area contributed by atoms with Crippen LogP contribution in [0.2, 0.25) is 0 Å². The molecule has 0 spiro atoms. The van der Waals surface area contributed by atoms with Gasteiger partial charge >= 0.3 is 0 Å². The van der Waals surface area contributed by atoms with Crippen molar-refractivity contribution in [2.45, 2.75) is 65.1 Å². The van der Waals surface area contributed by atoms with Gasteiger partial charge in [-0.05, 0) is 63.6 Å². The van der Waals surface area contributed by atoms with Crippen molar-refractivity contribution >= 4 is 51.9 Å². The first-order valence-electron chi connectivity index (χ1n) is 27.4. The Morgan fingerprint density at radius 3 is 1.18 bits per heavy atom. The van der Waals surface area contributed by atoms with Crippen LogP contribution in [0.1, 0.15) is 76.3 Å². The number of ether oxygens (including phenoxy) is 3. The number of carbonyl (C=O) groups excluding carboxylic acids is 3. The topological polar surface area (TPSA) is 150 Å². The lowest BCUT2D eigenvalue weighted by molar-refractivity contribution is -0.120. The van der Waals surface area contributed by atoms with E-state index in [9.17, 15) is 14.4 Å². The summed E-state index contributed by atoms with van der Waals surface area (Å²) in [5.41, 5.74) is 14.9. The second-order valence-electron chi connectivity index (χ2n) is 20.0. The van der Waals surface area contributed by atoms with Crippen LogP contribution in [0.15, 0.2) is 161 Å². The van der Waals surface area contributed by atoms with Crippen LogP contribution in [0, 0.1) is 20.8 Å². The smallest absolute Gasteiger partial charge is 0.252 e. The largest absolute Gasteiger partial charge is 0.383 e. The Balaban J connectivity index is 0.000000172. The summed E-state index contributed by atoms with van der Waals surface area (Å²) in [6.07, 6.45) is 2.86. The highest BCUT2D eigenvalue weighted by atomic mass is 16.5. The molecule has 9 rings (SSSR count). The number of rotatable bonds is 19. The van der Waals surface area contributed by atoms with E-state index in [0.717, 1.165) is 98.0 Å². The van der Waals surface area contributed by atoms with Crippen molar-refractivity contribution in [1.82, 2.24) is 10.6 Å². The minimum absolute atomic E-state index is 0.00838. The zero-order valence-corrected chi connectivity index (χ0v) is 47.5. The van der Waals surface area contributed by atoms with E-state index in [0.29, 0.717) is 52.6 Å². The summed E-state index contributed by atoms with van der Waals surface area (Å²) in [6, 6.07) is 47.5. The molecule has 3 atom stereocenters.